The summed E-state index contributed by atoms with van der Waals surface area (Å²) < 4.78 is 10.6. The normalized spacial score (nSPS) is 15.9. The minimum Gasteiger partial charge on any atom is -0.481 e. The number of aromatic nitrogens is 1. The number of fused-ring (bicyclic) bond motifs is 1. The zero-order valence-corrected chi connectivity index (χ0v) is 24.6. The molecule has 1 unspecified atom stereocenters. The van der Waals surface area contributed by atoms with E-state index in [-0.39, 0.29) is 17.7 Å². The summed E-state index contributed by atoms with van der Waals surface area (Å²) in [7, 11) is 1.47. The lowest BCUT2D eigenvalue weighted by Crippen LogP contribution is -2.31. The SMILES string of the molecule is C/C=C(\C(=N)OC)c1ccc(=C/C)/c(=C\C(=C\CC)CNC(=O)c2ccc3c(c2)C(C#N)COC3)n1.CCCC. The van der Waals surface area contributed by atoms with Crippen molar-refractivity contribution >= 4 is 29.5 Å². The number of hydrogen-bond acceptors (Lipinski definition) is 6. The molecule has 212 valence electrons. The van der Waals surface area contributed by atoms with Crippen molar-refractivity contribution in [2.45, 2.75) is 66.4 Å². The zero-order valence-electron chi connectivity index (χ0n) is 24.6. The van der Waals surface area contributed by atoms with Crippen LogP contribution in [-0.2, 0) is 16.1 Å². The molecule has 0 fully saturated rings. The molecule has 0 aliphatic carbocycles. The van der Waals surface area contributed by atoms with Gasteiger partial charge in [0, 0.05) is 12.1 Å². The van der Waals surface area contributed by atoms with Gasteiger partial charge >= 0.3 is 0 Å². The Morgan fingerprint density at radius 1 is 1.23 bits per heavy atom. The third-order valence-corrected chi connectivity index (χ3v) is 6.50. The number of unbranched alkanes of at least 4 members (excludes halogenated alkanes) is 1. The summed E-state index contributed by atoms with van der Waals surface area (Å²) in [6, 6.07) is 11.5. The van der Waals surface area contributed by atoms with Crippen LogP contribution in [0.3, 0.4) is 0 Å². The average Bonchev–Trinajstić information content (AvgIpc) is 2.99. The number of ether oxygens (including phenoxy) is 2. The topological polar surface area (TPSA) is 108 Å². The van der Waals surface area contributed by atoms with E-state index in [4.69, 9.17) is 19.9 Å². The molecule has 0 saturated carbocycles. The molecule has 7 nitrogen and oxygen atoms in total. The molecule has 0 saturated heterocycles. The Labute approximate surface area is 238 Å². The van der Waals surface area contributed by atoms with Gasteiger partial charge in [-0.05, 0) is 66.5 Å². The van der Waals surface area contributed by atoms with Crippen LogP contribution in [0.15, 0.2) is 48.1 Å². The molecule has 1 atom stereocenters. The number of rotatable bonds is 8. The lowest BCUT2D eigenvalue weighted by Gasteiger charge is -2.21. The number of methoxy groups -OCH3 is 1. The fraction of sp³-hybridized carbons (Fsp3) is 0.394. The predicted molar refractivity (Wildman–Crippen MR) is 162 cm³/mol. The molecule has 2 N–H and O–H groups in total. The highest BCUT2D eigenvalue weighted by Gasteiger charge is 2.22. The number of pyridine rings is 1. The first-order valence-corrected chi connectivity index (χ1v) is 13.9. The van der Waals surface area contributed by atoms with E-state index in [1.54, 1.807) is 18.2 Å². The van der Waals surface area contributed by atoms with Crippen molar-refractivity contribution in [1.82, 2.24) is 10.3 Å². The molecule has 1 aliphatic rings. The first-order valence-electron chi connectivity index (χ1n) is 13.9. The molecule has 7 heteroatoms. The number of hydrogen-bond donors (Lipinski definition) is 2. The van der Waals surface area contributed by atoms with Gasteiger partial charge in [-0.2, -0.15) is 5.26 Å². The van der Waals surface area contributed by atoms with Gasteiger partial charge in [0.1, 0.15) is 0 Å². The minimum absolute atomic E-state index is 0.0519. The predicted octanol–water partition coefficient (Wildman–Crippen LogP) is 5.40. The lowest BCUT2D eigenvalue weighted by atomic mass is 9.92. The third kappa shape index (κ3) is 8.75. The summed E-state index contributed by atoms with van der Waals surface area (Å²) in [4.78, 5) is 17.8. The number of carbonyl (C=O) groups is 1. The van der Waals surface area contributed by atoms with Crippen molar-refractivity contribution in [1.29, 1.82) is 10.7 Å². The van der Waals surface area contributed by atoms with Crippen LogP contribution in [0.25, 0.3) is 17.7 Å². The Morgan fingerprint density at radius 2 is 1.98 bits per heavy atom. The Bertz CT molecular complexity index is 1400. The number of nitrogens with one attached hydrogen (secondary N) is 2. The number of allylic oxidation sites excluding steroid dienone is 2. The molecule has 40 heavy (non-hydrogen) atoms. The molecular formula is C33H42N4O3. The zero-order chi connectivity index (χ0) is 29.5. The molecular weight excluding hydrogens is 500 g/mol. The quantitative estimate of drug-likeness (QED) is 0.343. The molecule has 0 spiro atoms. The third-order valence-electron chi connectivity index (χ3n) is 6.50. The minimum atomic E-state index is -0.367. The highest BCUT2D eigenvalue weighted by molar-refractivity contribution is 6.17. The van der Waals surface area contributed by atoms with Crippen LogP contribution in [-0.4, -0.2) is 37.1 Å². The largest absolute Gasteiger partial charge is 0.481 e. The van der Waals surface area contributed by atoms with E-state index in [0.29, 0.717) is 36.6 Å². The summed E-state index contributed by atoms with van der Waals surface area (Å²) in [5.74, 6) is -0.518. The van der Waals surface area contributed by atoms with Gasteiger partial charge in [0.05, 0.1) is 48.9 Å². The van der Waals surface area contributed by atoms with E-state index in [1.165, 1.54) is 20.0 Å². The van der Waals surface area contributed by atoms with Gasteiger partial charge < -0.3 is 14.8 Å². The second-order valence-electron chi connectivity index (χ2n) is 9.32. The summed E-state index contributed by atoms with van der Waals surface area (Å²) in [6.07, 6.45) is 11.2. The summed E-state index contributed by atoms with van der Waals surface area (Å²) in [5.41, 5.74) is 4.50. The van der Waals surface area contributed by atoms with E-state index >= 15 is 0 Å². The van der Waals surface area contributed by atoms with Crippen LogP contribution < -0.4 is 15.9 Å². The van der Waals surface area contributed by atoms with Gasteiger partial charge in [0.15, 0.2) is 0 Å². The average molecular weight is 543 g/mol. The van der Waals surface area contributed by atoms with E-state index in [2.05, 4.69) is 31.3 Å². The van der Waals surface area contributed by atoms with Gasteiger partial charge in [0.2, 0.25) is 5.90 Å². The molecule has 2 heterocycles. The van der Waals surface area contributed by atoms with Crippen molar-refractivity contribution in [3.8, 4) is 6.07 Å². The standard InChI is InChI=1S/C29H32N4O3.C4H10/c1-5-8-19(13-27-20(6-2)11-12-26(33-27)24(7-3)28(31)35-4)16-32-29(34)21-9-10-22-17-36-18-23(15-30)25(22)14-21;1-3-4-2/h6-14,23,31H,5,16-18H2,1-4H3,(H,32,34);3-4H2,1-2H3/b19-8-,20-6-,24-7-,27-13+,31-28?;. The molecule has 1 amide bonds. The van der Waals surface area contributed by atoms with Crippen LogP contribution in [0.5, 0.6) is 0 Å². The number of nitriles is 1. The van der Waals surface area contributed by atoms with Crippen LogP contribution in [0.1, 0.15) is 87.0 Å². The molecule has 0 radical (unpaired) electrons. The second kappa shape index (κ2) is 16.8. The summed E-state index contributed by atoms with van der Waals surface area (Å²) in [6.45, 7) is 11.3. The lowest BCUT2D eigenvalue weighted by molar-refractivity contribution is 0.0952. The molecule has 3 rings (SSSR count). The fourth-order valence-corrected chi connectivity index (χ4v) is 4.08. The number of nitrogens with zero attached hydrogens (tertiary/aromatic N) is 2. The molecule has 2 aromatic rings. The summed E-state index contributed by atoms with van der Waals surface area (Å²) in [5, 5.41) is 22.2. The Morgan fingerprint density at radius 3 is 2.58 bits per heavy atom. The van der Waals surface area contributed by atoms with Gasteiger partial charge in [-0.3, -0.25) is 10.2 Å². The number of amides is 1. The second-order valence-corrected chi connectivity index (χ2v) is 9.32. The first kappa shape index (κ1) is 32.2. The fourth-order valence-electron chi connectivity index (χ4n) is 4.08. The maximum absolute atomic E-state index is 13.0. The van der Waals surface area contributed by atoms with Crippen molar-refractivity contribution in [3.63, 3.8) is 0 Å². The Kier molecular flexibility index (Phi) is 13.5. The van der Waals surface area contributed by atoms with Gasteiger partial charge in [-0.15, -0.1) is 0 Å². The van der Waals surface area contributed by atoms with Crippen LogP contribution in [0.2, 0.25) is 0 Å². The van der Waals surface area contributed by atoms with E-state index < -0.39 is 0 Å². The first-order chi connectivity index (χ1) is 19.4. The van der Waals surface area contributed by atoms with Crippen molar-refractivity contribution < 1.29 is 14.3 Å². The van der Waals surface area contributed by atoms with E-state index in [0.717, 1.165) is 33.7 Å². The summed E-state index contributed by atoms with van der Waals surface area (Å²) >= 11 is 0. The van der Waals surface area contributed by atoms with Crippen LogP contribution in [0, 0.1) is 16.7 Å². The van der Waals surface area contributed by atoms with Crippen LogP contribution >= 0.6 is 0 Å². The van der Waals surface area contributed by atoms with Gasteiger partial charge in [-0.25, -0.2) is 4.98 Å². The van der Waals surface area contributed by atoms with Crippen molar-refractivity contribution in [2.24, 2.45) is 0 Å². The highest BCUT2D eigenvalue weighted by atomic mass is 16.5. The molecule has 1 aromatic carbocycles. The number of benzene rings is 1. The maximum Gasteiger partial charge on any atom is 0.251 e. The maximum atomic E-state index is 13.0. The Balaban J connectivity index is 0.00000131. The van der Waals surface area contributed by atoms with Gasteiger partial charge in [-0.1, -0.05) is 64.0 Å². The molecule has 1 aliphatic heterocycles. The van der Waals surface area contributed by atoms with Crippen LogP contribution in [0.4, 0.5) is 0 Å². The van der Waals surface area contributed by atoms with Crippen molar-refractivity contribution in [2.75, 3.05) is 20.3 Å². The Hall–Kier alpha value is -4.02. The molecule has 1 aromatic heterocycles. The monoisotopic (exact) mass is 542 g/mol. The molecule has 0 bridgehead atoms. The van der Waals surface area contributed by atoms with Crippen molar-refractivity contribution in [3.05, 3.63) is 81.0 Å². The smallest absolute Gasteiger partial charge is 0.251 e. The van der Waals surface area contributed by atoms with E-state index in [9.17, 15) is 10.1 Å². The number of carbonyl (C=O) groups excluding carboxylic acids is 1. The van der Waals surface area contributed by atoms with Gasteiger partial charge in [0.25, 0.3) is 5.91 Å². The van der Waals surface area contributed by atoms with E-state index in [1.807, 2.05) is 51.1 Å². The highest BCUT2D eigenvalue weighted by Crippen LogP contribution is 2.27.